The number of rotatable bonds is 4. The molecule has 3 N–H and O–H groups in total. The van der Waals surface area contributed by atoms with Crippen LogP contribution in [0, 0.1) is 0 Å². The van der Waals surface area contributed by atoms with Crippen LogP contribution in [0.25, 0.3) is 11.1 Å². The fourth-order valence-electron chi connectivity index (χ4n) is 3.52. The summed E-state index contributed by atoms with van der Waals surface area (Å²) in [5.41, 5.74) is 6.75. The number of piperidine rings is 1. The molecule has 30 heavy (non-hydrogen) atoms. The molecule has 1 fully saturated rings. The van der Waals surface area contributed by atoms with Crippen molar-refractivity contribution in [1.82, 2.24) is 20.2 Å². The van der Waals surface area contributed by atoms with Crippen LogP contribution in [0.15, 0.2) is 30.5 Å². The minimum absolute atomic E-state index is 0.0577. The van der Waals surface area contributed by atoms with Crippen molar-refractivity contribution in [2.24, 2.45) is 0 Å². The van der Waals surface area contributed by atoms with Gasteiger partial charge in [0.2, 0.25) is 17.8 Å². The maximum absolute atomic E-state index is 12.9. The molecule has 1 atom stereocenters. The second-order valence-electron chi connectivity index (χ2n) is 7.19. The Morgan fingerprint density at radius 1 is 1.27 bits per heavy atom. The van der Waals surface area contributed by atoms with E-state index in [1.807, 2.05) is 0 Å². The molecule has 2 aromatic rings. The van der Waals surface area contributed by atoms with Crippen molar-refractivity contribution in [3.8, 4) is 11.1 Å². The van der Waals surface area contributed by atoms with Crippen LogP contribution in [-0.4, -0.2) is 46.3 Å². The first-order chi connectivity index (χ1) is 14.1. The smallest absolute Gasteiger partial charge is 0.368 e. The Bertz CT molecular complexity index is 931. The molecule has 0 aliphatic carbocycles. The normalized spacial score (nSPS) is 16.9. The van der Waals surface area contributed by atoms with Crippen LogP contribution in [0.5, 0.6) is 0 Å². The Labute approximate surface area is 171 Å². The van der Waals surface area contributed by atoms with Gasteiger partial charge in [-0.3, -0.25) is 9.59 Å². The Morgan fingerprint density at radius 2 is 1.97 bits per heavy atom. The fourth-order valence-corrected chi connectivity index (χ4v) is 3.52. The van der Waals surface area contributed by atoms with Crippen molar-refractivity contribution < 1.29 is 22.8 Å². The van der Waals surface area contributed by atoms with Crippen molar-refractivity contribution >= 4 is 17.8 Å². The lowest BCUT2D eigenvalue weighted by Crippen LogP contribution is -2.44. The Balaban J connectivity index is 1.86. The summed E-state index contributed by atoms with van der Waals surface area (Å²) >= 11 is 0. The maximum atomic E-state index is 12.9. The number of nitrogens with one attached hydrogen (secondary N) is 1. The number of hydrogen-bond acceptors (Lipinski definition) is 5. The number of hydrogen-bond donors (Lipinski definition) is 2. The summed E-state index contributed by atoms with van der Waals surface area (Å²) in [7, 11) is 0. The number of alkyl halides is 3. The van der Waals surface area contributed by atoms with Crippen molar-refractivity contribution in [1.29, 1.82) is 0 Å². The van der Waals surface area contributed by atoms with Gasteiger partial charge in [-0.1, -0.05) is 12.1 Å². The molecule has 7 nitrogen and oxygen atoms in total. The summed E-state index contributed by atoms with van der Waals surface area (Å²) in [5.74, 6) is -0.580. The summed E-state index contributed by atoms with van der Waals surface area (Å²) < 4.78 is 38.6. The fraction of sp³-hybridized carbons (Fsp3) is 0.400. The predicted molar refractivity (Wildman–Crippen MR) is 104 cm³/mol. The van der Waals surface area contributed by atoms with Crippen LogP contribution in [0.4, 0.5) is 19.1 Å². The molecule has 0 bridgehead atoms. The highest BCUT2D eigenvalue weighted by atomic mass is 19.4. The van der Waals surface area contributed by atoms with E-state index in [4.69, 9.17) is 5.73 Å². The van der Waals surface area contributed by atoms with Gasteiger partial charge in [-0.05, 0) is 30.5 Å². The minimum atomic E-state index is -4.42. The lowest BCUT2D eigenvalue weighted by molar-refractivity contribution is -0.137. The number of nitrogens with zero attached hydrogens (tertiary/aromatic N) is 3. The molecule has 0 radical (unpaired) electrons. The number of amides is 2. The third kappa shape index (κ3) is 5.05. The molecule has 3 rings (SSSR count). The molecule has 160 valence electrons. The van der Waals surface area contributed by atoms with Gasteiger partial charge in [0.15, 0.2) is 0 Å². The van der Waals surface area contributed by atoms with E-state index in [0.717, 1.165) is 25.0 Å². The van der Waals surface area contributed by atoms with Gasteiger partial charge >= 0.3 is 6.18 Å². The second-order valence-corrected chi connectivity index (χ2v) is 7.19. The van der Waals surface area contributed by atoms with Gasteiger partial charge < -0.3 is 16.0 Å². The van der Waals surface area contributed by atoms with Crippen LogP contribution in [0.3, 0.4) is 0 Å². The minimum Gasteiger partial charge on any atom is -0.368 e. The van der Waals surface area contributed by atoms with Gasteiger partial charge in [-0.15, -0.1) is 0 Å². The van der Waals surface area contributed by atoms with E-state index in [0.29, 0.717) is 29.9 Å². The SMILES string of the molecule is CC(=O)NCC(=O)N1CCC[C@H](c2nc(N)ncc2-c2ccc(C(F)(F)F)cc2)C1. The highest BCUT2D eigenvalue weighted by Gasteiger charge is 2.31. The summed E-state index contributed by atoms with van der Waals surface area (Å²) in [6.45, 7) is 2.19. The number of benzene rings is 1. The standard InChI is InChI=1S/C20H22F3N5O2/c1-12(29)25-10-17(30)28-8-2-3-14(11-28)18-16(9-26-19(24)27-18)13-4-6-15(7-5-13)20(21,22)23/h4-7,9,14H,2-3,8,10-11H2,1H3,(H,25,29)(H2,24,26,27)/t14-/m0/s1. The van der Waals surface area contributed by atoms with E-state index in [-0.39, 0.29) is 30.2 Å². The number of nitrogens with two attached hydrogens (primary N) is 1. The van der Waals surface area contributed by atoms with E-state index < -0.39 is 11.7 Å². The highest BCUT2D eigenvalue weighted by Crippen LogP contribution is 2.35. The number of nitrogen functional groups attached to an aromatic ring is 1. The number of carbonyl (C=O) groups excluding carboxylic acids is 2. The molecule has 1 aliphatic heterocycles. The van der Waals surface area contributed by atoms with Crippen LogP contribution >= 0.6 is 0 Å². The Kier molecular flexibility index (Phi) is 6.23. The molecule has 1 aromatic carbocycles. The average Bonchev–Trinajstić information content (AvgIpc) is 2.71. The lowest BCUT2D eigenvalue weighted by Gasteiger charge is -2.33. The predicted octanol–water partition coefficient (Wildman–Crippen LogP) is 2.59. The topological polar surface area (TPSA) is 101 Å². The summed E-state index contributed by atoms with van der Waals surface area (Å²) in [6.07, 6.45) is -1.45. The zero-order chi connectivity index (χ0) is 21.9. The van der Waals surface area contributed by atoms with Gasteiger partial charge in [0.1, 0.15) is 0 Å². The van der Waals surface area contributed by atoms with E-state index in [1.54, 1.807) is 4.90 Å². The number of aromatic nitrogens is 2. The van der Waals surface area contributed by atoms with Gasteiger partial charge in [0.05, 0.1) is 17.8 Å². The quantitative estimate of drug-likeness (QED) is 0.790. The molecule has 10 heteroatoms. The molecule has 2 amide bonds. The molecule has 1 aliphatic rings. The molecule has 1 aromatic heterocycles. The monoisotopic (exact) mass is 421 g/mol. The number of carbonyl (C=O) groups is 2. The number of likely N-dealkylation sites (tertiary alicyclic amines) is 1. The maximum Gasteiger partial charge on any atom is 0.416 e. The van der Waals surface area contributed by atoms with Crippen molar-refractivity contribution in [3.05, 3.63) is 41.7 Å². The van der Waals surface area contributed by atoms with Crippen molar-refractivity contribution in [2.75, 3.05) is 25.4 Å². The van der Waals surface area contributed by atoms with Gasteiger partial charge in [0, 0.05) is 37.7 Å². The molecule has 2 heterocycles. The van der Waals surface area contributed by atoms with Crippen LogP contribution in [0.1, 0.15) is 36.9 Å². The molecular weight excluding hydrogens is 399 g/mol. The summed E-state index contributed by atoms with van der Waals surface area (Å²) in [5, 5.41) is 2.49. The molecule has 0 saturated carbocycles. The zero-order valence-electron chi connectivity index (χ0n) is 16.4. The molecular formula is C20H22F3N5O2. The highest BCUT2D eigenvalue weighted by molar-refractivity contribution is 5.83. The number of halogens is 3. The first kappa shape index (κ1) is 21.5. The molecule has 0 unspecified atom stereocenters. The van der Waals surface area contributed by atoms with E-state index in [2.05, 4.69) is 15.3 Å². The van der Waals surface area contributed by atoms with Gasteiger partial charge in [-0.2, -0.15) is 13.2 Å². The first-order valence-corrected chi connectivity index (χ1v) is 9.47. The largest absolute Gasteiger partial charge is 0.416 e. The molecule has 0 spiro atoms. The zero-order valence-corrected chi connectivity index (χ0v) is 16.4. The van der Waals surface area contributed by atoms with Crippen LogP contribution < -0.4 is 11.1 Å². The van der Waals surface area contributed by atoms with Crippen LogP contribution in [-0.2, 0) is 15.8 Å². The Morgan fingerprint density at radius 3 is 2.60 bits per heavy atom. The van der Waals surface area contributed by atoms with E-state index >= 15 is 0 Å². The molecule has 1 saturated heterocycles. The van der Waals surface area contributed by atoms with Crippen LogP contribution in [0.2, 0.25) is 0 Å². The summed E-state index contributed by atoms with van der Waals surface area (Å²) in [4.78, 5) is 33.4. The van der Waals surface area contributed by atoms with E-state index in [1.165, 1.54) is 25.3 Å². The average molecular weight is 421 g/mol. The van der Waals surface area contributed by atoms with Crippen molar-refractivity contribution in [2.45, 2.75) is 31.9 Å². The second kappa shape index (κ2) is 8.68. The van der Waals surface area contributed by atoms with Gasteiger partial charge in [-0.25, -0.2) is 9.97 Å². The Hall–Kier alpha value is -3.17. The van der Waals surface area contributed by atoms with Crippen molar-refractivity contribution in [3.63, 3.8) is 0 Å². The summed E-state index contributed by atoms with van der Waals surface area (Å²) in [6, 6.07) is 4.78. The number of anilines is 1. The lowest BCUT2D eigenvalue weighted by atomic mass is 9.89. The third-order valence-electron chi connectivity index (χ3n) is 5.01. The first-order valence-electron chi connectivity index (χ1n) is 9.47. The third-order valence-corrected chi connectivity index (χ3v) is 5.01. The van der Waals surface area contributed by atoms with E-state index in [9.17, 15) is 22.8 Å². The van der Waals surface area contributed by atoms with Gasteiger partial charge in [0.25, 0.3) is 0 Å².